The number of aromatic nitrogens is 5. The van der Waals surface area contributed by atoms with Crippen molar-refractivity contribution in [3.05, 3.63) is 36.8 Å². The molecular formula is C15H13N5O. The van der Waals surface area contributed by atoms with Crippen LogP contribution in [0, 0.1) is 0 Å². The van der Waals surface area contributed by atoms with Crippen LogP contribution < -0.4 is 4.74 Å². The van der Waals surface area contributed by atoms with Gasteiger partial charge in [0.1, 0.15) is 11.3 Å². The van der Waals surface area contributed by atoms with Gasteiger partial charge >= 0.3 is 0 Å². The van der Waals surface area contributed by atoms with E-state index in [9.17, 15) is 0 Å². The number of nitrogens with one attached hydrogen (secondary N) is 1. The van der Waals surface area contributed by atoms with Crippen LogP contribution in [-0.2, 0) is 7.05 Å². The lowest BCUT2D eigenvalue weighted by Crippen LogP contribution is -1.91. The van der Waals surface area contributed by atoms with Crippen molar-refractivity contribution in [1.29, 1.82) is 0 Å². The second kappa shape index (κ2) is 4.31. The van der Waals surface area contributed by atoms with Crippen LogP contribution in [0.2, 0.25) is 0 Å². The van der Waals surface area contributed by atoms with Gasteiger partial charge in [0.05, 0.1) is 25.3 Å². The summed E-state index contributed by atoms with van der Waals surface area (Å²) in [4.78, 5) is 16.5. The number of hydrogen-bond acceptors (Lipinski definition) is 4. The van der Waals surface area contributed by atoms with E-state index in [1.807, 2.05) is 35.9 Å². The van der Waals surface area contributed by atoms with Gasteiger partial charge in [-0.25, -0.2) is 15.0 Å². The fraction of sp³-hybridized carbons (Fsp3) is 0.133. The van der Waals surface area contributed by atoms with Gasteiger partial charge in [0.15, 0.2) is 11.5 Å². The lowest BCUT2D eigenvalue weighted by atomic mass is 10.2. The van der Waals surface area contributed by atoms with Crippen molar-refractivity contribution in [3.63, 3.8) is 0 Å². The zero-order valence-corrected chi connectivity index (χ0v) is 11.7. The molecule has 0 aliphatic rings. The SMILES string of the molecule is COc1ccc2[nH]c(-c3ncc4c(ncn4C)n3)cc2c1. The van der Waals surface area contributed by atoms with Crippen molar-refractivity contribution >= 4 is 22.1 Å². The van der Waals surface area contributed by atoms with E-state index in [1.165, 1.54) is 0 Å². The van der Waals surface area contributed by atoms with E-state index < -0.39 is 0 Å². The smallest absolute Gasteiger partial charge is 0.181 e. The number of hydrogen-bond donors (Lipinski definition) is 1. The van der Waals surface area contributed by atoms with Crippen LogP contribution in [0.4, 0.5) is 0 Å². The van der Waals surface area contributed by atoms with E-state index >= 15 is 0 Å². The minimum absolute atomic E-state index is 0.636. The van der Waals surface area contributed by atoms with Crippen molar-refractivity contribution < 1.29 is 4.74 Å². The van der Waals surface area contributed by atoms with Crippen LogP contribution in [0.5, 0.6) is 5.75 Å². The summed E-state index contributed by atoms with van der Waals surface area (Å²) >= 11 is 0. The molecule has 0 radical (unpaired) electrons. The van der Waals surface area contributed by atoms with Gasteiger partial charge in [-0.15, -0.1) is 0 Å². The largest absolute Gasteiger partial charge is 0.497 e. The third-order valence-corrected chi connectivity index (χ3v) is 3.55. The number of aromatic amines is 1. The highest BCUT2D eigenvalue weighted by Crippen LogP contribution is 2.25. The maximum absolute atomic E-state index is 5.24. The number of benzene rings is 1. The lowest BCUT2D eigenvalue weighted by Gasteiger charge is -1.97. The Hall–Kier alpha value is -2.89. The minimum atomic E-state index is 0.636. The highest BCUT2D eigenvalue weighted by atomic mass is 16.5. The zero-order chi connectivity index (χ0) is 14.4. The number of ether oxygens (including phenoxy) is 1. The monoisotopic (exact) mass is 279 g/mol. The normalized spacial score (nSPS) is 11.3. The van der Waals surface area contributed by atoms with E-state index in [0.29, 0.717) is 11.5 Å². The quantitative estimate of drug-likeness (QED) is 0.612. The lowest BCUT2D eigenvalue weighted by molar-refractivity contribution is 0.415. The summed E-state index contributed by atoms with van der Waals surface area (Å²) in [5, 5.41) is 1.06. The second-order valence-electron chi connectivity index (χ2n) is 4.89. The average Bonchev–Trinajstić information content (AvgIpc) is 3.10. The Morgan fingerprint density at radius 1 is 1.19 bits per heavy atom. The van der Waals surface area contributed by atoms with Gasteiger partial charge in [0.2, 0.25) is 0 Å². The molecule has 1 aromatic carbocycles. The molecule has 0 spiro atoms. The Morgan fingerprint density at radius 2 is 2.10 bits per heavy atom. The molecule has 21 heavy (non-hydrogen) atoms. The van der Waals surface area contributed by atoms with E-state index in [-0.39, 0.29) is 0 Å². The molecule has 104 valence electrons. The molecule has 0 saturated carbocycles. The summed E-state index contributed by atoms with van der Waals surface area (Å²) < 4.78 is 7.14. The van der Waals surface area contributed by atoms with Gasteiger partial charge in [-0.1, -0.05) is 0 Å². The van der Waals surface area contributed by atoms with Crippen LogP contribution in [0.3, 0.4) is 0 Å². The number of rotatable bonds is 2. The molecule has 0 unspecified atom stereocenters. The van der Waals surface area contributed by atoms with Gasteiger partial charge in [-0.2, -0.15) is 0 Å². The molecule has 0 amide bonds. The van der Waals surface area contributed by atoms with Crippen molar-refractivity contribution in [1.82, 2.24) is 24.5 Å². The van der Waals surface area contributed by atoms with Crippen LogP contribution in [0.25, 0.3) is 33.6 Å². The molecule has 3 heterocycles. The number of imidazole rings is 1. The van der Waals surface area contributed by atoms with Crippen molar-refractivity contribution in [2.75, 3.05) is 7.11 Å². The molecule has 0 fully saturated rings. The van der Waals surface area contributed by atoms with Crippen LogP contribution in [0.1, 0.15) is 0 Å². The van der Waals surface area contributed by atoms with Gasteiger partial charge in [0.25, 0.3) is 0 Å². The van der Waals surface area contributed by atoms with Gasteiger partial charge in [-0.05, 0) is 24.3 Å². The van der Waals surface area contributed by atoms with Gasteiger partial charge < -0.3 is 14.3 Å². The number of methoxy groups -OCH3 is 1. The van der Waals surface area contributed by atoms with Crippen LogP contribution >= 0.6 is 0 Å². The Bertz CT molecular complexity index is 953. The van der Waals surface area contributed by atoms with E-state index in [4.69, 9.17) is 4.74 Å². The number of fused-ring (bicyclic) bond motifs is 2. The van der Waals surface area contributed by atoms with Crippen molar-refractivity contribution in [2.24, 2.45) is 7.05 Å². The Labute approximate surface area is 120 Å². The Balaban J connectivity index is 1.86. The third-order valence-electron chi connectivity index (χ3n) is 3.55. The predicted molar refractivity (Wildman–Crippen MR) is 80.1 cm³/mol. The molecule has 0 aliphatic carbocycles. The van der Waals surface area contributed by atoms with Crippen LogP contribution in [0.15, 0.2) is 36.8 Å². The molecule has 6 nitrogen and oxygen atoms in total. The second-order valence-corrected chi connectivity index (χ2v) is 4.89. The minimum Gasteiger partial charge on any atom is -0.497 e. The summed E-state index contributed by atoms with van der Waals surface area (Å²) in [7, 11) is 3.58. The molecule has 0 aliphatic heterocycles. The molecule has 1 N–H and O–H groups in total. The van der Waals surface area contributed by atoms with E-state index in [0.717, 1.165) is 27.9 Å². The summed E-state index contributed by atoms with van der Waals surface area (Å²) in [6, 6.07) is 7.90. The first kappa shape index (κ1) is 11.9. The number of nitrogens with zero attached hydrogens (tertiary/aromatic N) is 4. The maximum atomic E-state index is 5.24. The van der Waals surface area contributed by atoms with E-state index in [2.05, 4.69) is 19.9 Å². The molecular weight excluding hydrogens is 266 g/mol. The summed E-state index contributed by atoms with van der Waals surface area (Å²) in [6.45, 7) is 0. The molecule has 3 aromatic heterocycles. The molecule has 0 atom stereocenters. The highest BCUT2D eigenvalue weighted by molar-refractivity contribution is 5.86. The average molecular weight is 279 g/mol. The summed E-state index contributed by atoms with van der Waals surface area (Å²) in [6.07, 6.45) is 3.52. The number of H-pyrrole nitrogens is 1. The Kier molecular flexibility index (Phi) is 2.44. The number of aryl methyl sites for hydroxylation is 1. The van der Waals surface area contributed by atoms with Gasteiger partial charge in [-0.3, -0.25) is 0 Å². The highest BCUT2D eigenvalue weighted by Gasteiger charge is 2.09. The fourth-order valence-electron chi connectivity index (χ4n) is 2.40. The van der Waals surface area contributed by atoms with Crippen LogP contribution in [-0.4, -0.2) is 31.6 Å². The molecule has 4 aromatic rings. The van der Waals surface area contributed by atoms with Crippen molar-refractivity contribution in [2.45, 2.75) is 0 Å². The molecule has 0 bridgehead atoms. The third kappa shape index (κ3) is 1.84. The predicted octanol–water partition coefficient (Wildman–Crippen LogP) is 2.52. The first-order chi connectivity index (χ1) is 10.2. The zero-order valence-electron chi connectivity index (χ0n) is 11.7. The standard InChI is InChI=1S/C15H13N5O/c1-20-8-17-15-13(20)7-16-14(19-15)12-6-9-5-10(21-2)3-4-11(9)18-12/h3-8,18H,1-2H3. The first-order valence-electron chi connectivity index (χ1n) is 6.56. The summed E-state index contributed by atoms with van der Waals surface area (Å²) in [5.41, 5.74) is 3.50. The summed E-state index contributed by atoms with van der Waals surface area (Å²) in [5.74, 6) is 1.46. The van der Waals surface area contributed by atoms with Gasteiger partial charge in [0, 0.05) is 18.0 Å². The topological polar surface area (TPSA) is 68.6 Å². The maximum Gasteiger partial charge on any atom is 0.181 e. The first-order valence-corrected chi connectivity index (χ1v) is 6.56. The molecule has 0 saturated heterocycles. The van der Waals surface area contributed by atoms with E-state index in [1.54, 1.807) is 19.6 Å². The van der Waals surface area contributed by atoms with Crippen molar-refractivity contribution in [3.8, 4) is 17.3 Å². The fourth-order valence-corrected chi connectivity index (χ4v) is 2.40. The molecule has 4 rings (SSSR count). The Morgan fingerprint density at radius 3 is 2.95 bits per heavy atom. The molecule has 6 heteroatoms.